The van der Waals surface area contributed by atoms with Crippen molar-refractivity contribution in [2.75, 3.05) is 7.11 Å². The van der Waals surface area contributed by atoms with E-state index in [1.54, 1.807) is 14.0 Å². The summed E-state index contributed by atoms with van der Waals surface area (Å²) in [4.78, 5) is 23.7. The highest BCUT2D eigenvalue weighted by molar-refractivity contribution is 5.75. The average molecular weight is 302 g/mol. The normalized spacial score (nSPS) is 10.3. The van der Waals surface area contributed by atoms with Crippen molar-refractivity contribution < 1.29 is 14.6 Å². The van der Waals surface area contributed by atoms with Crippen LogP contribution < -0.4 is 15.6 Å². The van der Waals surface area contributed by atoms with Crippen molar-refractivity contribution in [3.8, 4) is 11.5 Å². The summed E-state index contributed by atoms with van der Waals surface area (Å²) >= 11 is 0. The Morgan fingerprint density at radius 1 is 1.27 bits per heavy atom. The van der Waals surface area contributed by atoms with Gasteiger partial charge in [-0.25, -0.2) is 0 Å². The molecule has 1 amide bonds. The first-order valence-corrected chi connectivity index (χ1v) is 6.79. The van der Waals surface area contributed by atoms with Crippen molar-refractivity contribution in [3.05, 3.63) is 58.0 Å². The van der Waals surface area contributed by atoms with E-state index in [9.17, 15) is 14.7 Å². The van der Waals surface area contributed by atoms with Crippen LogP contribution in [-0.4, -0.2) is 22.7 Å². The van der Waals surface area contributed by atoms with Gasteiger partial charge in [0.2, 0.25) is 5.91 Å². The summed E-state index contributed by atoms with van der Waals surface area (Å²) in [6.45, 7) is 1.95. The SMILES string of the molecule is COc1ccc(CNC(=O)Cn2c(C)cc(O)cc2=O)cc1. The minimum atomic E-state index is -0.405. The summed E-state index contributed by atoms with van der Waals surface area (Å²) in [5.41, 5.74) is 1.06. The van der Waals surface area contributed by atoms with Crippen LogP contribution >= 0.6 is 0 Å². The molecule has 0 aliphatic rings. The molecule has 0 fully saturated rings. The number of carbonyl (C=O) groups excluding carboxylic acids is 1. The van der Waals surface area contributed by atoms with Crippen molar-refractivity contribution in [2.24, 2.45) is 0 Å². The Balaban J connectivity index is 1.97. The number of aromatic nitrogens is 1. The quantitative estimate of drug-likeness (QED) is 0.869. The lowest BCUT2D eigenvalue weighted by Gasteiger charge is -2.11. The highest BCUT2D eigenvalue weighted by Crippen LogP contribution is 2.11. The molecule has 2 rings (SSSR count). The molecule has 22 heavy (non-hydrogen) atoms. The van der Waals surface area contributed by atoms with Crippen molar-refractivity contribution in [1.82, 2.24) is 9.88 Å². The molecule has 116 valence electrons. The van der Waals surface area contributed by atoms with Crippen molar-refractivity contribution in [3.63, 3.8) is 0 Å². The summed E-state index contributed by atoms with van der Waals surface area (Å²) in [6, 6.07) is 9.88. The summed E-state index contributed by atoms with van der Waals surface area (Å²) < 4.78 is 6.37. The molecule has 0 aliphatic carbocycles. The van der Waals surface area contributed by atoms with Crippen molar-refractivity contribution in [2.45, 2.75) is 20.0 Å². The van der Waals surface area contributed by atoms with Gasteiger partial charge in [0, 0.05) is 18.3 Å². The largest absolute Gasteiger partial charge is 0.508 e. The second kappa shape index (κ2) is 6.80. The van der Waals surface area contributed by atoms with Gasteiger partial charge in [0.1, 0.15) is 18.0 Å². The standard InChI is InChI=1S/C16H18N2O4/c1-11-7-13(19)8-16(21)18(11)10-15(20)17-9-12-3-5-14(22-2)6-4-12/h3-8,19H,9-10H2,1-2H3,(H,17,20). The number of aromatic hydroxyl groups is 1. The second-order valence-corrected chi connectivity index (χ2v) is 4.90. The van der Waals surface area contributed by atoms with Gasteiger partial charge in [-0.3, -0.25) is 9.59 Å². The molecule has 0 saturated heterocycles. The van der Waals surface area contributed by atoms with Gasteiger partial charge in [0.05, 0.1) is 7.11 Å². The molecule has 1 aromatic carbocycles. The zero-order valence-corrected chi connectivity index (χ0v) is 12.5. The average Bonchev–Trinajstić information content (AvgIpc) is 2.49. The third-order valence-corrected chi connectivity index (χ3v) is 3.27. The van der Waals surface area contributed by atoms with Gasteiger partial charge < -0.3 is 19.7 Å². The fraction of sp³-hybridized carbons (Fsp3) is 0.250. The Labute approximate surface area is 128 Å². The Bertz CT molecular complexity index is 720. The first kappa shape index (κ1) is 15.6. The minimum absolute atomic E-state index is 0.0822. The van der Waals surface area contributed by atoms with Gasteiger partial charge in [0.15, 0.2) is 0 Å². The van der Waals surface area contributed by atoms with Crippen molar-refractivity contribution >= 4 is 5.91 Å². The molecule has 6 nitrogen and oxygen atoms in total. The molecule has 2 N–H and O–H groups in total. The zero-order valence-electron chi connectivity index (χ0n) is 12.5. The molecule has 0 saturated carbocycles. The number of benzene rings is 1. The van der Waals surface area contributed by atoms with Crippen LogP contribution in [-0.2, 0) is 17.9 Å². The molecule has 1 aromatic heterocycles. The third-order valence-electron chi connectivity index (χ3n) is 3.27. The number of hydrogen-bond donors (Lipinski definition) is 2. The van der Waals surface area contributed by atoms with E-state index in [2.05, 4.69) is 5.32 Å². The maximum atomic E-state index is 11.9. The van der Waals surface area contributed by atoms with E-state index >= 15 is 0 Å². The summed E-state index contributed by atoms with van der Waals surface area (Å²) in [7, 11) is 1.59. The predicted molar refractivity (Wildman–Crippen MR) is 81.9 cm³/mol. The first-order chi connectivity index (χ1) is 10.5. The smallest absolute Gasteiger partial charge is 0.254 e. The van der Waals surface area contributed by atoms with Crippen molar-refractivity contribution in [1.29, 1.82) is 0 Å². The van der Waals surface area contributed by atoms with Gasteiger partial charge >= 0.3 is 0 Å². The molecular weight excluding hydrogens is 284 g/mol. The van der Waals surface area contributed by atoms with E-state index in [4.69, 9.17) is 4.74 Å². The molecule has 2 aromatic rings. The number of aryl methyl sites for hydroxylation is 1. The van der Waals surface area contributed by atoms with Crippen LogP contribution in [0.25, 0.3) is 0 Å². The molecule has 1 heterocycles. The van der Waals surface area contributed by atoms with Gasteiger partial charge in [-0.2, -0.15) is 0 Å². The second-order valence-electron chi connectivity index (χ2n) is 4.90. The Morgan fingerprint density at radius 2 is 1.95 bits per heavy atom. The van der Waals surface area contributed by atoms with Gasteiger partial charge in [-0.15, -0.1) is 0 Å². The first-order valence-electron chi connectivity index (χ1n) is 6.79. The number of hydrogen-bond acceptors (Lipinski definition) is 4. The number of carbonyl (C=O) groups is 1. The number of methoxy groups -OCH3 is 1. The highest BCUT2D eigenvalue weighted by Gasteiger charge is 2.08. The lowest BCUT2D eigenvalue weighted by molar-refractivity contribution is -0.121. The maximum Gasteiger partial charge on any atom is 0.254 e. The molecule has 0 radical (unpaired) electrons. The van der Waals surface area contributed by atoms with Gasteiger partial charge in [-0.1, -0.05) is 12.1 Å². The van der Waals surface area contributed by atoms with Crippen LogP contribution in [0, 0.1) is 6.92 Å². The van der Waals surface area contributed by atoms with E-state index in [-0.39, 0.29) is 18.2 Å². The minimum Gasteiger partial charge on any atom is -0.508 e. The monoisotopic (exact) mass is 302 g/mol. The maximum absolute atomic E-state index is 11.9. The molecule has 6 heteroatoms. The summed E-state index contributed by atoms with van der Waals surface area (Å²) in [5.74, 6) is 0.380. The van der Waals surface area contributed by atoms with Crippen LogP contribution in [0.5, 0.6) is 11.5 Å². The number of rotatable bonds is 5. The van der Waals surface area contributed by atoms with Gasteiger partial charge in [0.25, 0.3) is 5.56 Å². The summed E-state index contributed by atoms with van der Waals surface area (Å²) in [6.07, 6.45) is 0. The van der Waals surface area contributed by atoms with E-state index in [0.717, 1.165) is 17.4 Å². The molecular formula is C16H18N2O4. The highest BCUT2D eigenvalue weighted by atomic mass is 16.5. The Kier molecular flexibility index (Phi) is 4.83. The van der Waals surface area contributed by atoms with Crippen LogP contribution in [0.4, 0.5) is 0 Å². The summed E-state index contributed by atoms with van der Waals surface area (Å²) in [5, 5.41) is 12.1. The zero-order chi connectivity index (χ0) is 16.1. The number of ether oxygens (including phenoxy) is 1. The molecule has 0 atom stereocenters. The fourth-order valence-electron chi connectivity index (χ4n) is 2.06. The van der Waals surface area contributed by atoms with Gasteiger partial charge in [-0.05, 0) is 30.7 Å². The Hall–Kier alpha value is -2.76. The topological polar surface area (TPSA) is 80.6 Å². The lowest BCUT2D eigenvalue weighted by atomic mass is 10.2. The third kappa shape index (κ3) is 3.88. The number of amides is 1. The van der Waals surface area contributed by atoms with E-state index in [0.29, 0.717) is 12.2 Å². The predicted octanol–water partition coefficient (Wildman–Crippen LogP) is 1.19. The van der Waals surface area contributed by atoms with Crippen LogP contribution in [0.1, 0.15) is 11.3 Å². The molecule has 0 spiro atoms. The molecule has 0 unspecified atom stereocenters. The lowest BCUT2D eigenvalue weighted by Crippen LogP contribution is -2.32. The fourth-order valence-corrected chi connectivity index (χ4v) is 2.06. The Morgan fingerprint density at radius 3 is 2.55 bits per heavy atom. The number of nitrogens with one attached hydrogen (secondary N) is 1. The van der Waals surface area contributed by atoms with Crippen LogP contribution in [0.15, 0.2) is 41.2 Å². The molecule has 0 bridgehead atoms. The van der Waals surface area contributed by atoms with E-state index in [1.807, 2.05) is 24.3 Å². The van der Waals surface area contributed by atoms with E-state index in [1.165, 1.54) is 10.6 Å². The number of nitrogens with zero attached hydrogens (tertiary/aromatic N) is 1. The number of pyridine rings is 1. The molecule has 0 aliphatic heterocycles. The van der Waals surface area contributed by atoms with Crippen LogP contribution in [0.3, 0.4) is 0 Å². The van der Waals surface area contributed by atoms with Crippen LogP contribution in [0.2, 0.25) is 0 Å². The van der Waals surface area contributed by atoms with E-state index < -0.39 is 5.56 Å².